The number of ether oxygens (including phenoxy) is 2. The molecule has 0 aromatic heterocycles. The van der Waals surface area contributed by atoms with Crippen molar-refractivity contribution in [3.63, 3.8) is 0 Å². The maximum Gasteiger partial charge on any atom is 0.162 e. The van der Waals surface area contributed by atoms with Gasteiger partial charge in [-0.05, 0) is 31.4 Å². The Labute approximate surface area is 102 Å². The van der Waals surface area contributed by atoms with Gasteiger partial charge in [0.15, 0.2) is 11.5 Å². The lowest BCUT2D eigenvalue weighted by atomic mass is 10.2. The van der Waals surface area contributed by atoms with Crippen molar-refractivity contribution >= 4 is 0 Å². The van der Waals surface area contributed by atoms with E-state index in [1.165, 1.54) is 12.8 Å². The van der Waals surface area contributed by atoms with Crippen molar-refractivity contribution < 1.29 is 9.47 Å². The lowest BCUT2D eigenvalue weighted by Crippen LogP contribution is -2.01. The van der Waals surface area contributed by atoms with Crippen molar-refractivity contribution in [2.24, 2.45) is 5.92 Å². The molecule has 0 N–H and O–H groups in total. The molecule has 1 aliphatic rings. The van der Waals surface area contributed by atoms with Gasteiger partial charge >= 0.3 is 0 Å². The Morgan fingerprint density at radius 2 is 2.12 bits per heavy atom. The second-order valence-corrected chi connectivity index (χ2v) is 4.29. The van der Waals surface area contributed by atoms with Crippen LogP contribution in [0, 0.1) is 17.2 Å². The van der Waals surface area contributed by atoms with Crippen molar-refractivity contribution in [2.45, 2.75) is 26.2 Å². The number of rotatable bonds is 6. The van der Waals surface area contributed by atoms with Gasteiger partial charge in [0, 0.05) is 6.07 Å². The first-order chi connectivity index (χ1) is 8.33. The molecule has 1 fully saturated rings. The Bertz CT molecular complexity index is 419. The third-order valence-corrected chi connectivity index (χ3v) is 2.85. The number of hydrogen-bond donors (Lipinski definition) is 0. The number of nitrogens with zero attached hydrogens (tertiary/aromatic N) is 1. The van der Waals surface area contributed by atoms with Crippen LogP contribution in [0.2, 0.25) is 0 Å². The van der Waals surface area contributed by atoms with Crippen LogP contribution in [0.5, 0.6) is 11.5 Å². The quantitative estimate of drug-likeness (QED) is 0.755. The molecule has 0 bridgehead atoms. The second kappa shape index (κ2) is 5.58. The van der Waals surface area contributed by atoms with Crippen molar-refractivity contribution in [1.82, 2.24) is 0 Å². The summed E-state index contributed by atoms with van der Waals surface area (Å²) in [5.41, 5.74) is 0.600. The summed E-state index contributed by atoms with van der Waals surface area (Å²) in [4.78, 5) is 0. The van der Waals surface area contributed by atoms with E-state index in [-0.39, 0.29) is 0 Å². The molecule has 1 aromatic carbocycles. The van der Waals surface area contributed by atoms with Gasteiger partial charge in [-0.15, -0.1) is 0 Å². The molecule has 0 unspecified atom stereocenters. The lowest BCUT2D eigenvalue weighted by molar-refractivity contribution is 0.269. The smallest absolute Gasteiger partial charge is 0.162 e. The van der Waals surface area contributed by atoms with E-state index in [0.29, 0.717) is 17.9 Å². The second-order valence-electron chi connectivity index (χ2n) is 4.29. The fourth-order valence-corrected chi connectivity index (χ4v) is 1.71. The minimum absolute atomic E-state index is 0.577. The first-order valence-corrected chi connectivity index (χ1v) is 6.13. The molecular formula is C14H17NO2. The molecule has 0 radical (unpaired) electrons. The summed E-state index contributed by atoms with van der Waals surface area (Å²) in [5.74, 6) is 2.28. The normalized spacial score (nSPS) is 14.1. The maximum atomic E-state index is 8.83. The number of nitriles is 1. The molecule has 0 aliphatic heterocycles. The van der Waals surface area contributed by atoms with Gasteiger partial charge in [0.2, 0.25) is 0 Å². The van der Waals surface area contributed by atoms with Crippen LogP contribution in [0.25, 0.3) is 0 Å². The maximum absolute atomic E-state index is 8.83. The highest BCUT2D eigenvalue weighted by Gasteiger charge is 2.21. The van der Waals surface area contributed by atoms with E-state index in [1.807, 2.05) is 13.0 Å². The molecular weight excluding hydrogens is 214 g/mol. The van der Waals surface area contributed by atoms with E-state index in [4.69, 9.17) is 14.7 Å². The molecule has 0 heterocycles. The van der Waals surface area contributed by atoms with Gasteiger partial charge in [-0.3, -0.25) is 0 Å². The molecule has 2 rings (SSSR count). The van der Waals surface area contributed by atoms with Crippen molar-refractivity contribution in [2.75, 3.05) is 13.2 Å². The van der Waals surface area contributed by atoms with E-state index >= 15 is 0 Å². The molecule has 1 saturated carbocycles. The van der Waals surface area contributed by atoms with Crippen molar-refractivity contribution in [3.8, 4) is 17.6 Å². The highest BCUT2D eigenvalue weighted by molar-refractivity contribution is 5.46. The minimum atomic E-state index is 0.577. The molecule has 3 heteroatoms. The van der Waals surface area contributed by atoms with E-state index in [9.17, 15) is 0 Å². The van der Waals surface area contributed by atoms with Crippen LogP contribution in [0.3, 0.4) is 0 Å². The highest BCUT2D eigenvalue weighted by Crippen LogP contribution is 2.33. The van der Waals surface area contributed by atoms with Gasteiger partial charge in [-0.1, -0.05) is 12.8 Å². The first kappa shape index (κ1) is 11.8. The predicted octanol–water partition coefficient (Wildman–Crippen LogP) is 3.14. The predicted molar refractivity (Wildman–Crippen MR) is 65.2 cm³/mol. The third kappa shape index (κ3) is 3.39. The first-order valence-electron chi connectivity index (χ1n) is 6.13. The Morgan fingerprint density at radius 1 is 1.29 bits per heavy atom. The zero-order valence-corrected chi connectivity index (χ0v) is 10.1. The van der Waals surface area contributed by atoms with Crippen molar-refractivity contribution in [3.05, 3.63) is 23.8 Å². The fourth-order valence-electron chi connectivity index (χ4n) is 1.71. The standard InChI is InChI=1S/C14H17NO2/c1-2-16-14-9-12(10-15)5-6-13(14)17-8-7-11-3-4-11/h5-6,9,11H,2-4,7-8H2,1H3. The van der Waals surface area contributed by atoms with Crippen molar-refractivity contribution in [1.29, 1.82) is 5.26 Å². The molecule has 0 amide bonds. The molecule has 0 spiro atoms. The Kier molecular flexibility index (Phi) is 3.87. The molecule has 0 saturated heterocycles. The fraction of sp³-hybridized carbons (Fsp3) is 0.500. The Balaban J connectivity index is 1.99. The summed E-state index contributed by atoms with van der Waals surface area (Å²) in [5, 5.41) is 8.83. The van der Waals surface area contributed by atoms with Gasteiger partial charge < -0.3 is 9.47 Å². The largest absolute Gasteiger partial charge is 0.490 e. The summed E-state index contributed by atoms with van der Waals surface area (Å²) in [6.45, 7) is 3.23. The number of hydrogen-bond acceptors (Lipinski definition) is 3. The zero-order chi connectivity index (χ0) is 12.1. The number of benzene rings is 1. The summed E-state index contributed by atoms with van der Waals surface area (Å²) < 4.78 is 11.2. The van der Waals surface area contributed by atoms with Crippen LogP contribution in [0.1, 0.15) is 31.7 Å². The van der Waals surface area contributed by atoms with Gasteiger partial charge in [-0.25, -0.2) is 0 Å². The average molecular weight is 231 g/mol. The van der Waals surface area contributed by atoms with Gasteiger partial charge in [-0.2, -0.15) is 5.26 Å². The molecule has 3 nitrogen and oxygen atoms in total. The van der Waals surface area contributed by atoms with Gasteiger partial charge in [0.1, 0.15) is 0 Å². The molecule has 1 aliphatic carbocycles. The van der Waals surface area contributed by atoms with Crippen LogP contribution < -0.4 is 9.47 Å². The SMILES string of the molecule is CCOc1cc(C#N)ccc1OCCC1CC1. The van der Waals surface area contributed by atoms with Gasteiger partial charge in [0.25, 0.3) is 0 Å². The van der Waals surface area contributed by atoms with Gasteiger partial charge in [0.05, 0.1) is 24.8 Å². The van der Waals surface area contributed by atoms with E-state index in [1.54, 1.807) is 12.1 Å². The van der Waals surface area contributed by atoms with Crippen LogP contribution >= 0.6 is 0 Å². The topological polar surface area (TPSA) is 42.2 Å². The van der Waals surface area contributed by atoms with E-state index in [0.717, 1.165) is 24.7 Å². The summed E-state index contributed by atoms with van der Waals surface area (Å²) in [6, 6.07) is 7.41. The summed E-state index contributed by atoms with van der Waals surface area (Å²) in [7, 11) is 0. The summed E-state index contributed by atoms with van der Waals surface area (Å²) in [6.07, 6.45) is 3.80. The van der Waals surface area contributed by atoms with E-state index < -0.39 is 0 Å². The zero-order valence-electron chi connectivity index (χ0n) is 10.1. The molecule has 17 heavy (non-hydrogen) atoms. The Hall–Kier alpha value is -1.69. The third-order valence-electron chi connectivity index (χ3n) is 2.85. The minimum Gasteiger partial charge on any atom is -0.490 e. The monoisotopic (exact) mass is 231 g/mol. The molecule has 1 aromatic rings. The highest BCUT2D eigenvalue weighted by atomic mass is 16.5. The average Bonchev–Trinajstić information content (AvgIpc) is 3.15. The van der Waals surface area contributed by atoms with Crippen LogP contribution in [-0.2, 0) is 0 Å². The lowest BCUT2D eigenvalue weighted by Gasteiger charge is -2.11. The molecule has 90 valence electrons. The molecule has 0 atom stereocenters. The van der Waals surface area contributed by atoms with Crippen LogP contribution in [0.15, 0.2) is 18.2 Å². The Morgan fingerprint density at radius 3 is 2.76 bits per heavy atom. The van der Waals surface area contributed by atoms with Crippen LogP contribution in [0.4, 0.5) is 0 Å². The summed E-state index contributed by atoms with van der Waals surface area (Å²) >= 11 is 0. The van der Waals surface area contributed by atoms with Crippen LogP contribution in [-0.4, -0.2) is 13.2 Å². The van der Waals surface area contributed by atoms with E-state index in [2.05, 4.69) is 6.07 Å².